The van der Waals surface area contributed by atoms with Crippen molar-refractivity contribution in [2.24, 2.45) is 11.8 Å². The highest BCUT2D eigenvalue weighted by molar-refractivity contribution is 6.36. The average molecular weight is 510 g/mol. The fraction of sp³-hybridized carbons (Fsp3) is 0.640. The highest BCUT2D eigenvalue weighted by Crippen LogP contribution is 2.40. The zero-order chi connectivity index (χ0) is 25.2. The number of ether oxygens (including phenoxy) is 1. The number of nitrogens with zero attached hydrogens (tertiary/aromatic N) is 3. The maximum absolute atomic E-state index is 14.1. The maximum atomic E-state index is 14.1. The van der Waals surface area contributed by atoms with E-state index in [-0.39, 0.29) is 23.0 Å². The molecule has 2 fully saturated rings. The summed E-state index contributed by atoms with van der Waals surface area (Å²) >= 11 is 6.68. The van der Waals surface area contributed by atoms with Gasteiger partial charge < -0.3 is 15.4 Å². The van der Waals surface area contributed by atoms with Crippen LogP contribution in [0.5, 0.6) is 5.75 Å². The number of nitrogens with one attached hydrogen (secondary N) is 2. The number of amides is 1. The third-order valence-electron chi connectivity index (χ3n) is 7.27. The minimum absolute atomic E-state index is 0.129. The molecule has 0 aliphatic heterocycles. The monoisotopic (exact) mass is 509 g/mol. The van der Waals surface area contributed by atoms with Crippen molar-refractivity contribution >= 4 is 23.3 Å². The van der Waals surface area contributed by atoms with E-state index in [0.29, 0.717) is 54.7 Å². The molecule has 0 radical (unpaired) electrons. The van der Waals surface area contributed by atoms with Gasteiger partial charge in [0.25, 0.3) is 11.8 Å². The van der Waals surface area contributed by atoms with Gasteiger partial charge in [-0.15, -0.1) is 0 Å². The third kappa shape index (κ3) is 5.55. The molecule has 35 heavy (non-hydrogen) atoms. The first-order chi connectivity index (χ1) is 16.7. The van der Waals surface area contributed by atoms with Crippen molar-refractivity contribution in [1.29, 1.82) is 0 Å². The van der Waals surface area contributed by atoms with Crippen LogP contribution in [0.25, 0.3) is 11.3 Å². The molecule has 2 aliphatic rings. The third-order valence-corrected chi connectivity index (χ3v) is 7.63. The van der Waals surface area contributed by atoms with Crippen LogP contribution in [0, 0.1) is 11.8 Å². The molecule has 1 amide bonds. The van der Waals surface area contributed by atoms with E-state index in [4.69, 9.17) is 16.3 Å². The van der Waals surface area contributed by atoms with Gasteiger partial charge in [-0.25, -0.2) is 13.8 Å². The molecular formula is C25H34ClF2N5O2. The fourth-order valence-electron chi connectivity index (χ4n) is 5.07. The highest BCUT2D eigenvalue weighted by atomic mass is 35.5. The molecule has 1 atom stereocenters. The SMILES string of the molecule is CCn1nc(C(=O)NCC2CCC(C)CC2)c(Cl)c1-c1cnc(N[C@H]2CCCC2(F)F)cc1OC. The topological polar surface area (TPSA) is 81.1 Å². The van der Waals surface area contributed by atoms with Gasteiger partial charge in [0.1, 0.15) is 11.6 Å². The summed E-state index contributed by atoms with van der Waals surface area (Å²) in [5.74, 6) is -1.15. The highest BCUT2D eigenvalue weighted by Gasteiger charge is 2.44. The van der Waals surface area contributed by atoms with Crippen molar-refractivity contribution in [2.45, 2.75) is 77.3 Å². The second-order valence-corrected chi connectivity index (χ2v) is 10.2. The fourth-order valence-corrected chi connectivity index (χ4v) is 5.39. The summed E-state index contributed by atoms with van der Waals surface area (Å²) in [6.07, 6.45) is 6.84. The first-order valence-electron chi connectivity index (χ1n) is 12.5. The number of halogens is 3. The molecule has 2 aliphatic carbocycles. The molecule has 192 valence electrons. The Hall–Kier alpha value is -2.42. The van der Waals surface area contributed by atoms with Gasteiger partial charge in [0.15, 0.2) is 5.69 Å². The van der Waals surface area contributed by atoms with Crippen LogP contribution in [-0.2, 0) is 6.54 Å². The Balaban J connectivity index is 1.54. The summed E-state index contributed by atoms with van der Waals surface area (Å²) < 4.78 is 35.3. The summed E-state index contributed by atoms with van der Waals surface area (Å²) in [4.78, 5) is 17.3. The molecule has 0 unspecified atom stereocenters. The van der Waals surface area contributed by atoms with E-state index >= 15 is 0 Å². The van der Waals surface area contributed by atoms with E-state index in [1.165, 1.54) is 26.1 Å². The van der Waals surface area contributed by atoms with Gasteiger partial charge in [0.2, 0.25) is 0 Å². The van der Waals surface area contributed by atoms with Crippen LogP contribution in [0.2, 0.25) is 5.02 Å². The van der Waals surface area contributed by atoms with Gasteiger partial charge in [0.05, 0.1) is 29.4 Å². The smallest absolute Gasteiger partial charge is 0.273 e. The predicted molar refractivity (Wildman–Crippen MR) is 132 cm³/mol. The normalized spacial score (nSPS) is 23.8. The summed E-state index contributed by atoms with van der Waals surface area (Å²) in [6, 6.07) is 0.620. The second-order valence-electron chi connectivity index (χ2n) is 9.78. The van der Waals surface area contributed by atoms with Crippen LogP contribution in [-0.4, -0.2) is 46.3 Å². The lowest BCUT2D eigenvalue weighted by Crippen LogP contribution is -2.34. The van der Waals surface area contributed by atoms with Crippen molar-refractivity contribution in [3.63, 3.8) is 0 Å². The Morgan fingerprint density at radius 1 is 1.29 bits per heavy atom. The number of hydrogen-bond donors (Lipinski definition) is 2. The first-order valence-corrected chi connectivity index (χ1v) is 12.8. The Morgan fingerprint density at radius 3 is 2.66 bits per heavy atom. The van der Waals surface area contributed by atoms with Gasteiger partial charge in [-0.2, -0.15) is 5.10 Å². The van der Waals surface area contributed by atoms with Crippen molar-refractivity contribution in [2.75, 3.05) is 19.0 Å². The number of carbonyl (C=O) groups is 1. The van der Waals surface area contributed by atoms with Gasteiger partial charge in [0, 0.05) is 31.8 Å². The van der Waals surface area contributed by atoms with Crippen LogP contribution in [0.15, 0.2) is 12.3 Å². The zero-order valence-electron chi connectivity index (χ0n) is 20.5. The van der Waals surface area contributed by atoms with Crippen molar-refractivity contribution in [3.05, 3.63) is 23.0 Å². The lowest BCUT2D eigenvalue weighted by molar-refractivity contribution is -0.000698. The van der Waals surface area contributed by atoms with Crippen LogP contribution in [0.4, 0.5) is 14.6 Å². The Morgan fingerprint density at radius 2 is 2.03 bits per heavy atom. The molecule has 2 heterocycles. The van der Waals surface area contributed by atoms with Crippen LogP contribution >= 0.6 is 11.6 Å². The minimum atomic E-state index is -2.77. The second kappa shape index (κ2) is 10.7. The number of alkyl halides is 2. The molecule has 0 saturated heterocycles. The molecule has 2 saturated carbocycles. The quantitative estimate of drug-likeness (QED) is 0.471. The number of rotatable bonds is 8. The van der Waals surface area contributed by atoms with E-state index in [0.717, 1.165) is 18.8 Å². The van der Waals surface area contributed by atoms with Gasteiger partial charge in [-0.3, -0.25) is 9.48 Å². The van der Waals surface area contributed by atoms with E-state index < -0.39 is 12.0 Å². The van der Waals surface area contributed by atoms with Gasteiger partial charge in [-0.1, -0.05) is 31.4 Å². The summed E-state index contributed by atoms with van der Waals surface area (Å²) in [7, 11) is 1.49. The Kier molecular flexibility index (Phi) is 7.83. The molecule has 0 spiro atoms. The van der Waals surface area contributed by atoms with Crippen molar-refractivity contribution in [3.8, 4) is 17.0 Å². The summed E-state index contributed by atoms with van der Waals surface area (Å²) in [5.41, 5.74) is 1.20. The minimum Gasteiger partial charge on any atom is -0.496 e. The van der Waals surface area contributed by atoms with Crippen LogP contribution < -0.4 is 15.4 Å². The first kappa shape index (κ1) is 25.7. The number of hydrogen-bond acceptors (Lipinski definition) is 5. The van der Waals surface area contributed by atoms with Crippen molar-refractivity contribution in [1.82, 2.24) is 20.1 Å². The van der Waals surface area contributed by atoms with Crippen LogP contribution in [0.3, 0.4) is 0 Å². The molecule has 4 rings (SSSR count). The molecule has 2 aromatic rings. The summed E-state index contributed by atoms with van der Waals surface area (Å²) in [5, 5.41) is 10.5. The predicted octanol–water partition coefficient (Wildman–Crippen LogP) is 5.78. The number of carbonyl (C=O) groups excluding carboxylic acids is 1. The van der Waals surface area contributed by atoms with Crippen molar-refractivity contribution < 1.29 is 18.3 Å². The molecule has 2 aromatic heterocycles. The Bertz CT molecular complexity index is 1050. The molecule has 2 N–H and O–H groups in total. The standard InChI is InChI=1S/C25H34ClF2N5O2/c1-4-33-23(21(26)22(32-33)24(34)30-13-16-9-7-15(2)8-10-16)17-14-29-20(12-18(17)35-3)31-19-6-5-11-25(19,27)28/h12,14-16,19H,4-11,13H2,1-3H3,(H,29,31)(H,30,34)/t15?,16?,19-/m0/s1. The summed E-state index contributed by atoms with van der Waals surface area (Å²) in [6.45, 7) is 5.24. The Labute approximate surface area is 210 Å². The molecular weight excluding hydrogens is 476 g/mol. The molecule has 0 bridgehead atoms. The number of methoxy groups -OCH3 is 1. The zero-order valence-corrected chi connectivity index (χ0v) is 21.3. The largest absolute Gasteiger partial charge is 0.496 e. The van der Waals surface area contributed by atoms with E-state index in [2.05, 4.69) is 27.6 Å². The van der Waals surface area contributed by atoms with E-state index in [1.807, 2.05) is 6.92 Å². The van der Waals surface area contributed by atoms with E-state index in [9.17, 15) is 13.6 Å². The number of anilines is 1. The molecule has 0 aromatic carbocycles. The lowest BCUT2D eigenvalue weighted by Gasteiger charge is -2.26. The number of aromatic nitrogens is 3. The maximum Gasteiger partial charge on any atom is 0.273 e. The molecule has 7 nitrogen and oxygen atoms in total. The van der Waals surface area contributed by atoms with Gasteiger partial charge in [-0.05, 0) is 44.4 Å². The van der Waals surface area contributed by atoms with Crippen LogP contribution in [0.1, 0.15) is 69.3 Å². The average Bonchev–Trinajstić information content (AvgIpc) is 3.36. The van der Waals surface area contributed by atoms with Gasteiger partial charge >= 0.3 is 0 Å². The van der Waals surface area contributed by atoms with E-state index in [1.54, 1.807) is 10.7 Å². The number of pyridine rings is 1. The molecule has 10 heteroatoms. The lowest BCUT2D eigenvalue weighted by atomic mass is 9.83. The number of aryl methyl sites for hydroxylation is 1.